The number of thioether (sulfide) groups is 1. The molecule has 0 bridgehead atoms. The first kappa shape index (κ1) is 12.9. The Labute approximate surface area is 97.2 Å². The third-order valence-corrected chi connectivity index (χ3v) is 2.88. The smallest absolute Gasteiger partial charge is 0.332 e. The van der Waals surface area contributed by atoms with E-state index in [9.17, 15) is 4.79 Å². The maximum Gasteiger partial charge on any atom is 0.332 e. The Morgan fingerprint density at radius 1 is 1.69 bits per heavy atom. The van der Waals surface area contributed by atoms with Gasteiger partial charge in [0.05, 0.1) is 0 Å². The van der Waals surface area contributed by atoms with Gasteiger partial charge in [0.2, 0.25) is 5.16 Å². The zero-order chi connectivity index (χ0) is 12.0. The lowest BCUT2D eigenvalue weighted by Gasteiger charge is -2.11. The third kappa shape index (κ3) is 3.78. The number of aromatic nitrogens is 4. The van der Waals surface area contributed by atoms with Gasteiger partial charge in [0.15, 0.2) is 6.10 Å². The molecule has 16 heavy (non-hydrogen) atoms. The van der Waals surface area contributed by atoms with Crippen molar-refractivity contribution in [3.63, 3.8) is 0 Å². The fraction of sp³-hybridized carbons (Fsp3) is 0.750. The summed E-state index contributed by atoms with van der Waals surface area (Å²) in [6, 6.07) is 0. The van der Waals surface area contributed by atoms with E-state index < -0.39 is 12.1 Å². The summed E-state index contributed by atoms with van der Waals surface area (Å²) in [6.07, 6.45) is -0.320. The topological polar surface area (TPSA) is 90.1 Å². The number of hydrogen-bond acceptors (Lipinski definition) is 6. The number of rotatable bonds is 7. The molecule has 1 rings (SSSR count). The van der Waals surface area contributed by atoms with Crippen LogP contribution >= 0.6 is 11.8 Å². The van der Waals surface area contributed by atoms with Crippen molar-refractivity contribution in [2.75, 3.05) is 12.4 Å². The molecule has 90 valence electrons. The quantitative estimate of drug-likeness (QED) is 0.686. The van der Waals surface area contributed by atoms with Crippen molar-refractivity contribution in [3.05, 3.63) is 0 Å². The van der Waals surface area contributed by atoms with Crippen LogP contribution in [0.25, 0.3) is 0 Å². The molecular weight excluding hydrogens is 232 g/mol. The minimum Gasteiger partial charge on any atom is -0.479 e. The Hall–Kier alpha value is -1.15. The van der Waals surface area contributed by atoms with Crippen LogP contribution < -0.4 is 0 Å². The molecule has 0 saturated heterocycles. The van der Waals surface area contributed by atoms with Crippen molar-refractivity contribution >= 4 is 17.7 Å². The van der Waals surface area contributed by atoms with E-state index in [1.807, 2.05) is 0 Å². The molecule has 1 N–H and O–H groups in total. The minimum absolute atomic E-state index is 0.396. The summed E-state index contributed by atoms with van der Waals surface area (Å²) in [5.41, 5.74) is 0. The van der Waals surface area contributed by atoms with Gasteiger partial charge in [-0.15, -0.1) is 5.10 Å². The Morgan fingerprint density at radius 2 is 2.44 bits per heavy atom. The van der Waals surface area contributed by atoms with Gasteiger partial charge in [-0.05, 0) is 23.8 Å². The largest absolute Gasteiger partial charge is 0.479 e. The van der Waals surface area contributed by atoms with Crippen molar-refractivity contribution in [2.45, 2.75) is 24.6 Å². The molecule has 0 aliphatic rings. The van der Waals surface area contributed by atoms with Gasteiger partial charge >= 0.3 is 5.97 Å². The molecule has 1 heterocycles. The van der Waals surface area contributed by atoms with Crippen LogP contribution in [0.3, 0.4) is 0 Å². The molecule has 0 radical (unpaired) electrons. The summed E-state index contributed by atoms with van der Waals surface area (Å²) in [7, 11) is 1.74. The molecule has 0 aromatic carbocycles. The predicted octanol–water partition coefficient (Wildman–Crippen LogP) is 0.182. The van der Waals surface area contributed by atoms with E-state index in [2.05, 4.69) is 15.5 Å². The monoisotopic (exact) mass is 246 g/mol. The summed E-state index contributed by atoms with van der Waals surface area (Å²) in [4.78, 5) is 10.8. The SMILES string of the molecule is CCOC(CCSc1nnnn1C)C(=O)O. The van der Waals surface area contributed by atoms with Crippen LogP contribution in [-0.4, -0.2) is 49.7 Å². The zero-order valence-electron chi connectivity index (χ0n) is 9.16. The van der Waals surface area contributed by atoms with Crippen LogP contribution in [0.2, 0.25) is 0 Å². The Bertz CT molecular complexity index is 344. The van der Waals surface area contributed by atoms with E-state index >= 15 is 0 Å². The molecule has 0 aliphatic carbocycles. The van der Waals surface area contributed by atoms with Crippen LogP contribution in [0.5, 0.6) is 0 Å². The van der Waals surface area contributed by atoms with Crippen molar-refractivity contribution in [2.24, 2.45) is 7.05 Å². The fourth-order valence-corrected chi connectivity index (χ4v) is 1.91. The summed E-state index contributed by atoms with van der Waals surface area (Å²) >= 11 is 1.41. The van der Waals surface area contributed by atoms with E-state index in [-0.39, 0.29) is 0 Å². The number of tetrazole rings is 1. The van der Waals surface area contributed by atoms with Crippen molar-refractivity contribution < 1.29 is 14.6 Å². The van der Waals surface area contributed by atoms with Gasteiger partial charge < -0.3 is 9.84 Å². The normalized spacial score (nSPS) is 12.6. The molecule has 8 heteroatoms. The number of carbonyl (C=O) groups is 1. The molecule has 1 aromatic heterocycles. The molecule has 1 unspecified atom stereocenters. The molecule has 0 amide bonds. The van der Waals surface area contributed by atoms with Crippen molar-refractivity contribution in [1.29, 1.82) is 0 Å². The molecule has 7 nitrogen and oxygen atoms in total. The van der Waals surface area contributed by atoms with E-state index in [1.54, 1.807) is 18.7 Å². The van der Waals surface area contributed by atoms with Crippen molar-refractivity contribution in [1.82, 2.24) is 20.2 Å². The fourth-order valence-electron chi connectivity index (χ4n) is 1.08. The third-order valence-electron chi connectivity index (χ3n) is 1.84. The standard InChI is InChI=1S/C8H14N4O3S/c1-3-15-6(7(13)14)4-5-16-8-9-10-11-12(8)2/h6H,3-5H2,1-2H3,(H,13,14). The van der Waals surface area contributed by atoms with E-state index in [0.717, 1.165) is 0 Å². The number of aryl methyl sites for hydroxylation is 1. The Kier molecular flexibility index (Phi) is 5.20. The van der Waals surface area contributed by atoms with Crippen molar-refractivity contribution in [3.8, 4) is 0 Å². The number of hydrogen-bond donors (Lipinski definition) is 1. The molecule has 1 aromatic rings. The number of aliphatic carboxylic acids is 1. The van der Waals surface area contributed by atoms with Crippen LogP contribution in [0, 0.1) is 0 Å². The average Bonchev–Trinajstić information content (AvgIpc) is 2.63. The first-order chi connectivity index (χ1) is 7.65. The number of carboxylic acid groups (broad SMARTS) is 1. The van der Waals surface area contributed by atoms with Crippen LogP contribution in [0.4, 0.5) is 0 Å². The highest BCUT2D eigenvalue weighted by atomic mass is 32.2. The summed E-state index contributed by atoms with van der Waals surface area (Å²) < 4.78 is 6.62. The van der Waals surface area contributed by atoms with Crippen LogP contribution in [0.1, 0.15) is 13.3 Å². The number of ether oxygens (including phenoxy) is 1. The van der Waals surface area contributed by atoms with E-state index in [0.29, 0.717) is 23.9 Å². The predicted molar refractivity (Wildman–Crippen MR) is 57.2 cm³/mol. The first-order valence-electron chi connectivity index (χ1n) is 4.84. The van der Waals surface area contributed by atoms with Gasteiger partial charge in [0.1, 0.15) is 0 Å². The maximum absolute atomic E-state index is 10.8. The maximum atomic E-state index is 10.8. The van der Waals surface area contributed by atoms with E-state index in [4.69, 9.17) is 9.84 Å². The van der Waals surface area contributed by atoms with Gasteiger partial charge in [-0.1, -0.05) is 11.8 Å². The van der Waals surface area contributed by atoms with Crippen LogP contribution in [0.15, 0.2) is 5.16 Å². The molecule has 1 atom stereocenters. The van der Waals surface area contributed by atoms with E-state index in [1.165, 1.54) is 11.8 Å². The number of nitrogens with zero attached hydrogens (tertiary/aromatic N) is 4. The first-order valence-corrected chi connectivity index (χ1v) is 5.83. The Balaban J connectivity index is 2.33. The lowest BCUT2D eigenvalue weighted by Crippen LogP contribution is -2.24. The second kappa shape index (κ2) is 6.44. The lowest BCUT2D eigenvalue weighted by atomic mass is 10.3. The molecule has 0 spiro atoms. The van der Waals surface area contributed by atoms with Gasteiger partial charge in [0, 0.05) is 19.4 Å². The Morgan fingerprint density at radius 3 is 2.94 bits per heavy atom. The van der Waals surface area contributed by atoms with Gasteiger partial charge in [-0.25, -0.2) is 9.48 Å². The molecule has 0 aliphatic heterocycles. The molecule has 0 fully saturated rings. The van der Waals surface area contributed by atoms with Crippen LogP contribution in [-0.2, 0) is 16.6 Å². The molecule has 0 saturated carbocycles. The highest BCUT2D eigenvalue weighted by Gasteiger charge is 2.17. The summed E-state index contributed by atoms with van der Waals surface area (Å²) in [5, 5.41) is 20.4. The highest BCUT2D eigenvalue weighted by molar-refractivity contribution is 7.99. The van der Waals surface area contributed by atoms with Gasteiger partial charge in [0.25, 0.3) is 0 Å². The summed E-state index contributed by atoms with van der Waals surface area (Å²) in [5.74, 6) is -0.330. The highest BCUT2D eigenvalue weighted by Crippen LogP contribution is 2.15. The number of carboxylic acids is 1. The lowest BCUT2D eigenvalue weighted by molar-refractivity contribution is -0.150. The van der Waals surface area contributed by atoms with Gasteiger partial charge in [-0.3, -0.25) is 0 Å². The van der Waals surface area contributed by atoms with Gasteiger partial charge in [-0.2, -0.15) is 0 Å². The molecular formula is C8H14N4O3S. The summed E-state index contributed by atoms with van der Waals surface area (Å²) in [6.45, 7) is 2.17. The zero-order valence-corrected chi connectivity index (χ0v) is 9.98. The minimum atomic E-state index is -0.932. The second-order valence-corrected chi connectivity index (χ2v) is 4.07. The average molecular weight is 246 g/mol. The second-order valence-electron chi connectivity index (χ2n) is 3.00.